The molecule has 0 heterocycles. The maximum atomic E-state index is 10.6. The van der Waals surface area contributed by atoms with E-state index < -0.39 is 37.6 Å². The van der Waals surface area contributed by atoms with Crippen molar-refractivity contribution in [3.63, 3.8) is 0 Å². The van der Waals surface area contributed by atoms with Crippen molar-refractivity contribution in [1.29, 1.82) is 0 Å². The molecule has 0 amide bonds. The van der Waals surface area contributed by atoms with E-state index in [1.54, 1.807) is 0 Å². The summed E-state index contributed by atoms with van der Waals surface area (Å²) in [7, 11) is 0. The molecule has 0 saturated carbocycles. The van der Waals surface area contributed by atoms with Gasteiger partial charge in [-0.2, -0.15) is 0 Å². The Bertz CT molecular complexity index is 339. The molecule has 1 unspecified atom stereocenters. The minimum absolute atomic E-state index is 1.88. The molecule has 0 aliphatic rings. The van der Waals surface area contributed by atoms with Crippen LogP contribution in [0.25, 0.3) is 0 Å². The third-order valence-corrected chi connectivity index (χ3v) is 0.628. The summed E-state index contributed by atoms with van der Waals surface area (Å²) in [6, 6.07) is -2.37. The van der Waals surface area contributed by atoms with E-state index in [9.17, 15) is 4.79 Å². The number of carboxylic acids is 1. The Hall–Kier alpha value is -0.610. The van der Waals surface area contributed by atoms with Gasteiger partial charge in [0.1, 0.15) is 6.04 Å². The number of hydrogen-bond acceptors (Lipinski definition) is 3. The fourth-order valence-corrected chi connectivity index (χ4v) is 0.212. The lowest BCUT2D eigenvalue weighted by Crippen LogP contribution is -2.29. The Morgan fingerprint density at radius 3 is 2.70 bits per heavy atom. The second-order valence-corrected chi connectivity index (χ2v) is 1.35. The fraction of sp³-hybridized carbons (Fsp3) is 0.833. The number of hydrogen-bond donors (Lipinski definition) is 3. The summed E-state index contributed by atoms with van der Waals surface area (Å²) in [5.74, 6) is -1.88. The minimum Gasteiger partial charge on any atom is -0.480 e. The van der Waals surface area contributed by atoms with Gasteiger partial charge in [-0.05, 0) is 19.2 Å². The van der Waals surface area contributed by atoms with E-state index in [-0.39, 0.29) is 0 Å². The first kappa shape index (κ1) is 2.46. The standard InChI is InChI=1S/C6H14N2O2/c7-4-2-1-3-5(8)6(9)10/h5H,1-4,7-8H2,(H,9,10)/i1D2,2D2,3D2,4D2. The summed E-state index contributed by atoms with van der Waals surface area (Å²) < 4.78 is 57.9. The number of rotatable bonds is 5. The van der Waals surface area contributed by atoms with Crippen LogP contribution in [0.4, 0.5) is 0 Å². The summed E-state index contributed by atoms with van der Waals surface area (Å²) in [4.78, 5) is 10.6. The van der Waals surface area contributed by atoms with Crippen LogP contribution in [-0.4, -0.2) is 23.6 Å². The van der Waals surface area contributed by atoms with E-state index in [2.05, 4.69) is 0 Å². The van der Waals surface area contributed by atoms with Crippen molar-refractivity contribution in [2.24, 2.45) is 11.5 Å². The van der Waals surface area contributed by atoms with Crippen molar-refractivity contribution in [2.75, 3.05) is 6.50 Å². The largest absolute Gasteiger partial charge is 0.480 e. The van der Waals surface area contributed by atoms with E-state index in [0.717, 1.165) is 0 Å². The first-order valence-corrected chi connectivity index (χ1v) is 2.38. The van der Waals surface area contributed by atoms with E-state index in [1.165, 1.54) is 0 Å². The Balaban J connectivity index is 5.71. The van der Waals surface area contributed by atoms with Crippen LogP contribution in [0.3, 0.4) is 0 Å². The quantitative estimate of drug-likeness (QED) is 0.499. The summed E-state index contributed by atoms with van der Waals surface area (Å²) in [5.41, 5.74) is 9.81. The van der Waals surface area contributed by atoms with Crippen LogP contribution < -0.4 is 11.5 Å². The molecule has 0 spiro atoms. The van der Waals surface area contributed by atoms with Gasteiger partial charge in [-0.3, -0.25) is 4.79 Å². The maximum absolute atomic E-state index is 10.6. The van der Waals surface area contributed by atoms with Gasteiger partial charge in [0.15, 0.2) is 0 Å². The topological polar surface area (TPSA) is 89.3 Å². The van der Waals surface area contributed by atoms with Gasteiger partial charge >= 0.3 is 5.97 Å². The van der Waals surface area contributed by atoms with Gasteiger partial charge in [-0.25, -0.2) is 0 Å². The normalized spacial score (nSPS) is 30.6. The van der Waals surface area contributed by atoms with E-state index >= 15 is 0 Å². The molecule has 0 aliphatic carbocycles. The number of nitrogens with two attached hydrogens (primary N) is 2. The van der Waals surface area contributed by atoms with Crippen LogP contribution in [0.2, 0.25) is 0 Å². The highest BCUT2D eigenvalue weighted by Crippen LogP contribution is 1.96. The van der Waals surface area contributed by atoms with Gasteiger partial charge in [0.2, 0.25) is 0 Å². The van der Waals surface area contributed by atoms with Crippen LogP contribution >= 0.6 is 0 Å². The second-order valence-electron chi connectivity index (χ2n) is 1.35. The summed E-state index contributed by atoms with van der Waals surface area (Å²) in [5, 5.41) is 8.57. The van der Waals surface area contributed by atoms with E-state index in [4.69, 9.17) is 27.5 Å². The molecule has 0 rings (SSSR count). The van der Waals surface area contributed by atoms with Crippen LogP contribution in [0.1, 0.15) is 30.1 Å². The van der Waals surface area contributed by atoms with Crippen molar-refractivity contribution in [2.45, 2.75) is 25.2 Å². The average Bonchev–Trinajstić information content (AvgIpc) is 2.13. The third-order valence-electron chi connectivity index (χ3n) is 0.628. The van der Waals surface area contributed by atoms with Crippen LogP contribution in [0, 0.1) is 0 Å². The first-order valence-electron chi connectivity index (χ1n) is 6.38. The highest BCUT2D eigenvalue weighted by molar-refractivity contribution is 5.72. The lowest BCUT2D eigenvalue weighted by Gasteiger charge is -2.03. The monoisotopic (exact) mass is 154 g/mol. The summed E-state index contributed by atoms with van der Waals surface area (Å²) in [6.07, 6.45) is -10.4. The summed E-state index contributed by atoms with van der Waals surface area (Å²) >= 11 is 0. The van der Waals surface area contributed by atoms with Crippen LogP contribution in [0.5, 0.6) is 0 Å². The molecule has 0 saturated heterocycles. The molecule has 0 radical (unpaired) electrons. The van der Waals surface area contributed by atoms with Gasteiger partial charge in [0, 0.05) is 11.0 Å². The van der Waals surface area contributed by atoms with Crippen molar-refractivity contribution >= 4 is 5.97 Å². The molecule has 0 aromatic carbocycles. The lowest BCUT2D eigenvalue weighted by molar-refractivity contribution is -0.138. The molecule has 4 nitrogen and oxygen atoms in total. The Labute approximate surface area is 71.4 Å². The van der Waals surface area contributed by atoms with Crippen molar-refractivity contribution < 1.29 is 20.9 Å². The molecule has 0 aromatic heterocycles. The molecule has 1 atom stereocenters. The van der Waals surface area contributed by atoms with Crippen LogP contribution in [0.15, 0.2) is 0 Å². The van der Waals surface area contributed by atoms with Gasteiger partial charge in [-0.15, -0.1) is 0 Å². The summed E-state index contributed by atoms with van der Waals surface area (Å²) in [6.45, 7) is -3.22. The molecule has 5 N–H and O–H groups in total. The predicted molar refractivity (Wildman–Crippen MR) is 38.5 cm³/mol. The molecule has 0 fully saturated rings. The Kier molecular flexibility index (Phi) is 1.28. The zero-order chi connectivity index (χ0) is 15.2. The number of carboxylic acid groups (broad SMARTS) is 1. The Morgan fingerprint density at radius 1 is 1.70 bits per heavy atom. The van der Waals surface area contributed by atoms with Gasteiger partial charge in [0.25, 0.3) is 0 Å². The molecular formula is C6H14N2O2. The second kappa shape index (κ2) is 5.20. The van der Waals surface area contributed by atoms with Gasteiger partial charge < -0.3 is 16.6 Å². The molecule has 10 heavy (non-hydrogen) atoms. The predicted octanol–water partition coefficient (Wildman–Crippen LogP) is -0.473. The molecule has 0 aliphatic heterocycles. The molecule has 4 heteroatoms. The van der Waals surface area contributed by atoms with Gasteiger partial charge in [0.05, 0.1) is 0 Å². The fourth-order valence-electron chi connectivity index (χ4n) is 0.212. The highest BCUT2D eigenvalue weighted by Gasteiger charge is 2.09. The maximum Gasteiger partial charge on any atom is 0.320 e. The molecular weight excluding hydrogens is 132 g/mol. The molecule has 0 bridgehead atoms. The van der Waals surface area contributed by atoms with Crippen molar-refractivity contribution in [3.8, 4) is 0 Å². The van der Waals surface area contributed by atoms with Crippen molar-refractivity contribution in [1.82, 2.24) is 0 Å². The van der Waals surface area contributed by atoms with Crippen molar-refractivity contribution in [3.05, 3.63) is 0 Å². The zero-order valence-electron chi connectivity index (χ0n) is 13.1. The Morgan fingerprint density at radius 2 is 2.30 bits per heavy atom. The highest BCUT2D eigenvalue weighted by atomic mass is 16.4. The number of aliphatic carboxylic acids is 1. The first-order chi connectivity index (χ1) is 7.60. The number of carbonyl (C=O) groups is 1. The average molecular weight is 154 g/mol. The lowest BCUT2D eigenvalue weighted by atomic mass is 10.1. The molecule has 60 valence electrons. The minimum atomic E-state index is -3.56. The molecule has 0 aromatic rings. The SMILES string of the molecule is [2H]C([2H])(N)C([2H])([2H])C([2H])([2H])C([2H])([2H])C(N)C(=O)O. The smallest absolute Gasteiger partial charge is 0.320 e. The van der Waals surface area contributed by atoms with E-state index in [0.29, 0.717) is 0 Å². The van der Waals surface area contributed by atoms with Gasteiger partial charge in [-0.1, -0.05) is 6.37 Å². The zero-order valence-corrected chi connectivity index (χ0v) is 5.09. The third kappa shape index (κ3) is 4.29. The van der Waals surface area contributed by atoms with Crippen LogP contribution in [-0.2, 0) is 4.79 Å². The van der Waals surface area contributed by atoms with E-state index in [1.807, 2.05) is 0 Å².